The zero-order chi connectivity index (χ0) is 17.5. The number of nitrogens with one attached hydrogen (secondary N) is 3. The molecule has 3 N–H and O–H groups in total. The molecule has 0 radical (unpaired) electrons. The van der Waals surface area contributed by atoms with Crippen molar-refractivity contribution in [3.63, 3.8) is 0 Å². The number of amides is 2. The van der Waals surface area contributed by atoms with Crippen molar-refractivity contribution in [1.82, 2.24) is 16.0 Å². The van der Waals surface area contributed by atoms with Gasteiger partial charge in [-0.15, -0.1) is 12.4 Å². The monoisotopic (exact) mass is 371 g/mol. The standard InChI is InChI=1S/C17H25N3O4.ClH/c1-11-13(5-4-8-19-11)20-17(22)12-6-7-14(15(9-12)23-3)24-10-16(21)18-2;/h6-7,9,11,13,19H,4-5,8,10H2,1-3H3,(H,18,21)(H,20,22);1H. The lowest BCUT2D eigenvalue weighted by molar-refractivity contribution is -0.122. The minimum atomic E-state index is -0.238. The van der Waals surface area contributed by atoms with E-state index in [0.29, 0.717) is 17.1 Å². The molecule has 140 valence electrons. The Bertz CT molecular complexity index is 597. The highest BCUT2D eigenvalue weighted by molar-refractivity contribution is 5.95. The Morgan fingerprint density at radius 2 is 2.08 bits per heavy atom. The lowest BCUT2D eigenvalue weighted by Crippen LogP contribution is -2.51. The molecular weight excluding hydrogens is 346 g/mol. The molecular formula is C17H26ClN3O4. The predicted octanol–water partition coefficient (Wildman–Crippen LogP) is 1.11. The van der Waals surface area contributed by atoms with Gasteiger partial charge in [0.2, 0.25) is 0 Å². The molecule has 1 aromatic rings. The molecule has 0 aromatic heterocycles. The fourth-order valence-corrected chi connectivity index (χ4v) is 2.64. The average Bonchev–Trinajstić information content (AvgIpc) is 2.61. The maximum absolute atomic E-state index is 12.5. The van der Waals surface area contributed by atoms with Gasteiger partial charge < -0.3 is 25.4 Å². The number of carbonyl (C=O) groups is 2. The van der Waals surface area contributed by atoms with Gasteiger partial charge in [0.25, 0.3) is 11.8 Å². The van der Waals surface area contributed by atoms with Crippen LogP contribution < -0.4 is 25.4 Å². The van der Waals surface area contributed by atoms with Crippen molar-refractivity contribution >= 4 is 24.2 Å². The Morgan fingerprint density at radius 3 is 2.72 bits per heavy atom. The Balaban J connectivity index is 0.00000312. The topological polar surface area (TPSA) is 88.7 Å². The van der Waals surface area contributed by atoms with Crippen LogP contribution in [0.15, 0.2) is 18.2 Å². The van der Waals surface area contributed by atoms with Crippen LogP contribution in [0, 0.1) is 0 Å². The molecule has 1 aliphatic heterocycles. The lowest BCUT2D eigenvalue weighted by atomic mass is 9.99. The van der Waals surface area contributed by atoms with Crippen LogP contribution in [-0.2, 0) is 4.79 Å². The number of carbonyl (C=O) groups excluding carboxylic acids is 2. The summed E-state index contributed by atoms with van der Waals surface area (Å²) in [7, 11) is 3.04. The van der Waals surface area contributed by atoms with Gasteiger partial charge in [-0.1, -0.05) is 0 Å². The van der Waals surface area contributed by atoms with Crippen molar-refractivity contribution in [1.29, 1.82) is 0 Å². The van der Waals surface area contributed by atoms with Gasteiger partial charge in [0.15, 0.2) is 18.1 Å². The normalized spacial score (nSPS) is 19.3. The van der Waals surface area contributed by atoms with Crippen molar-refractivity contribution in [3.8, 4) is 11.5 Å². The Hall–Kier alpha value is -1.99. The smallest absolute Gasteiger partial charge is 0.257 e. The number of benzene rings is 1. The van der Waals surface area contributed by atoms with Crippen LogP contribution in [0.25, 0.3) is 0 Å². The highest BCUT2D eigenvalue weighted by Gasteiger charge is 2.23. The Labute approximate surface area is 154 Å². The number of methoxy groups -OCH3 is 1. The number of piperidine rings is 1. The molecule has 1 fully saturated rings. The van der Waals surface area contributed by atoms with Crippen LogP contribution in [0.4, 0.5) is 0 Å². The maximum atomic E-state index is 12.5. The van der Waals surface area contributed by atoms with Crippen molar-refractivity contribution in [2.45, 2.75) is 31.8 Å². The Morgan fingerprint density at radius 1 is 1.32 bits per heavy atom. The van der Waals surface area contributed by atoms with Crippen LogP contribution in [0.5, 0.6) is 11.5 Å². The molecule has 1 aliphatic rings. The number of rotatable bonds is 6. The van der Waals surface area contributed by atoms with Crippen LogP contribution >= 0.6 is 12.4 Å². The molecule has 0 spiro atoms. The summed E-state index contributed by atoms with van der Waals surface area (Å²) in [6.07, 6.45) is 2.01. The number of hydrogen-bond donors (Lipinski definition) is 3. The van der Waals surface area contributed by atoms with Gasteiger partial charge in [0.1, 0.15) is 0 Å². The third-order valence-electron chi connectivity index (χ3n) is 4.14. The molecule has 0 saturated carbocycles. The summed E-state index contributed by atoms with van der Waals surface area (Å²) in [4.78, 5) is 23.7. The summed E-state index contributed by atoms with van der Waals surface area (Å²) < 4.78 is 10.7. The molecule has 2 unspecified atom stereocenters. The first-order chi connectivity index (χ1) is 11.5. The van der Waals surface area contributed by atoms with Gasteiger partial charge >= 0.3 is 0 Å². The number of likely N-dealkylation sites (N-methyl/N-ethyl adjacent to an activating group) is 1. The van der Waals surface area contributed by atoms with Crippen molar-refractivity contribution in [2.75, 3.05) is 27.3 Å². The number of halogens is 1. The molecule has 2 amide bonds. The SMILES string of the molecule is CNC(=O)COc1ccc(C(=O)NC2CCCNC2C)cc1OC.Cl. The summed E-state index contributed by atoms with van der Waals surface area (Å²) >= 11 is 0. The van der Waals surface area contributed by atoms with Gasteiger partial charge in [0, 0.05) is 24.7 Å². The molecule has 8 heteroatoms. The molecule has 7 nitrogen and oxygen atoms in total. The molecule has 2 rings (SSSR count). The largest absolute Gasteiger partial charge is 0.493 e. The third kappa shape index (κ3) is 5.79. The lowest BCUT2D eigenvalue weighted by Gasteiger charge is -2.30. The van der Waals surface area contributed by atoms with E-state index in [9.17, 15) is 9.59 Å². The number of ether oxygens (including phenoxy) is 2. The molecule has 1 heterocycles. The van der Waals surface area contributed by atoms with E-state index < -0.39 is 0 Å². The average molecular weight is 372 g/mol. The fraction of sp³-hybridized carbons (Fsp3) is 0.529. The van der Waals surface area contributed by atoms with Gasteiger partial charge in [-0.2, -0.15) is 0 Å². The molecule has 0 aliphatic carbocycles. The first kappa shape index (κ1) is 21.1. The summed E-state index contributed by atoms with van der Waals surface area (Å²) in [5.41, 5.74) is 0.497. The summed E-state index contributed by atoms with van der Waals surface area (Å²) in [6, 6.07) is 5.29. The van der Waals surface area contributed by atoms with Crippen LogP contribution in [0.2, 0.25) is 0 Å². The van der Waals surface area contributed by atoms with Gasteiger partial charge in [-0.3, -0.25) is 9.59 Å². The van der Waals surface area contributed by atoms with Crippen LogP contribution in [0.1, 0.15) is 30.1 Å². The predicted molar refractivity (Wildman–Crippen MR) is 97.8 cm³/mol. The van der Waals surface area contributed by atoms with E-state index in [0.717, 1.165) is 19.4 Å². The van der Waals surface area contributed by atoms with Crippen molar-refractivity contribution in [2.24, 2.45) is 0 Å². The fourth-order valence-electron chi connectivity index (χ4n) is 2.64. The van der Waals surface area contributed by atoms with Gasteiger partial charge in [-0.05, 0) is 44.5 Å². The second-order valence-electron chi connectivity index (χ2n) is 5.79. The Kier molecular flexibility index (Phi) is 8.51. The van der Waals surface area contributed by atoms with Gasteiger partial charge in [0.05, 0.1) is 7.11 Å². The minimum Gasteiger partial charge on any atom is -0.493 e. The summed E-state index contributed by atoms with van der Waals surface area (Å²) in [5, 5.41) is 8.89. The highest BCUT2D eigenvalue weighted by Crippen LogP contribution is 2.28. The van der Waals surface area contributed by atoms with E-state index in [-0.39, 0.29) is 42.9 Å². The quantitative estimate of drug-likeness (QED) is 0.697. The number of hydrogen-bond acceptors (Lipinski definition) is 5. The molecule has 1 aromatic carbocycles. The van der Waals surface area contributed by atoms with Crippen molar-refractivity contribution < 1.29 is 19.1 Å². The van der Waals surface area contributed by atoms with E-state index in [1.165, 1.54) is 14.2 Å². The molecule has 2 atom stereocenters. The van der Waals surface area contributed by atoms with Crippen LogP contribution in [-0.4, -0.2) is 51.2 Å². The minimum absolute atomic E-state index is 0. The summed E-state index contributed by atoms with van der Waals surface area (Å²) in [5.74, 6) is 0.455. The molecule has 25 heavy (non-hydrogen) atoms. The first-order valence-electron chi connectivity index (χ1n) is 8.10. The first-order valence-corrected chi connectivity index (χ1v) is 8.10. The maximum Gasteiger partial charge on any atom is 0.257 e. The zero-order valence-corrected chi connectivity index (χ0v) is 15.6. The molecule has 0 bridgehead atoms. The third-order valence-corrected chi connectivity index (χ3v) is 4.14. The highest BCUT2D eigenvalue weighted by atomic mass is 35.5. The zero-order valence-electron chi connectivity index (χ0n) is 14.8. The van der Waals surface area contributed by atoms with E-state index in [1.54, 1.807) is 18.2 Å². The van der Waals surface area contributed by atoms with Crippen molar-refractivity contribution in [3.05, 3.63) is 23.8 Å². The van der Waals surface area contributed by atoms with Crippen LogP contribution in [0.3, 0.4) is 0 Å². The second-order valence-corrected chi connectivity index (χ2v) is 5.79. The van der Waals surface area contributed by atoms with E-state index in [2.05, 4.69) is 22.9 Å². The molecule has 1 saturated heterocycles. The summed E-state index contributed by atoms with van der Waals surface area (Å²) in [6.45, 7) is 2.95. The second kappa shape index (κ2) is 10.1. The van der Waals surface area contributed by atoms with E-state index in [1.807, 2.05) is 0 Å². The van der Waals surface area contributed by atoms with E-state index in [4.69, 9.17) is 9.47 Å². The van der Waals surface area contributed by atoms with Gasteiger partial charge in [-0.25, -0.2) is 0 Å². The van der Waals surface area contributed by atoms with E-state index >= 15 is 0 Å².